The molecule has 4 heteroatoms. The van der Waals surface area contributed by atoms with E-state index in [-0.39, 0.29) is 23.9 Å². The molecule has 0 atom stereocenters. The number of hydrogen-bond donors (Lipinski definition) is 0. The summed E-state index contributed by atoms with van der Waals surface area (Å²) in [7, 11) is 0. The first kappa shape index (κ1) is 15.8. The number of likely N-dealkylation sites (tertiary alicyclic amines) is 1. The van der Waals surface area contributed by atoms with E-state index in [1.807, 2.05) is 0 Å². The topological polar surface area (TPSA) is 53.3 Å². The van der Waals surface area contributed by atoms with Crippen LogP contribution in [0.4, 0.5) is 0 Å². The molecule has 1 heterocycles. The Kier molecular flexibility index (Phi) is 5.36. The largest absolute Gasteiger partial charge is 0.462 e. The maximum atomic E-state index is 12.3. The second kappa shape index (κ2) is 7.46. The first-order valence-electron chi connectivity index (χ1n) is 9.10. The van der Waals surface area contributed by atoms with Crippen LogP contribution in [-0.4, -0.2) is 36.1 Å². The van der Waals surface area contributed by atoms with Crippen LogP contribution in [0.15, 0.2) is 0 Å². The Morgan fingerprint density at radius 1 is 0.955 bits per heavy atom. The summed E-state index contributed by atoms with van der Waals surface area (Å²) in [6.45, 7) is 2.50. The summed E-state index contributed by atoms with van der Waals surface area (Å²) in [6, 6.07) is 3.03. The van der Waals surface area contributed by atoms with Gasteiger partial charge in [-0.15, -0.1) is 0 Å². The molecular weight excluding hydrogens is 276 g/mol. The minimum absolute atomic E-state index is 0.0280. The second-order valence-electron chi connectivity index (χ2n) is 7.29. The smallest absolute Gasteiger partial charge is 0.309 e. The molecule has 0 radical (unpaired) electrons. The van der Waals surface area contributed by atoms with Gasteiger partial charge in [-0.1, -0.05) is 0 Å². The average Bonchev–Trinajstić information content (AvgIpc) is 3.10. The minimum atomic E-state index is 0.0280. The molecule has 0 unspecified atom stereocenters. The number of carbonyl (C=O) groups is 1. The van der Waals surface area contributed by atoms with Crippen molar-refractivity contribution >= 4 is 5.97 Å². The lowest BCUT2D eigenvalue weighted by Gasteiger charge is -2.34. The highest BCUT2D eigenvalue weighted by molar-refractivity contribution is 5.72. The van der Waals surface area contributed by atoms with Crippen LogP contribution in [0.5, 0.6) is 0 Å². The molecule has 3 rings (SSSR count). The number of nitriles is 1. The van der Waals surface area contributed by atoms with Gasteiger partial charge in [0.05, 0.1) is 12.0 Å². The first-order chi connectivity index (χ1) is 10.8. The average molecular weight is 304 g/mol. The molecule has 0 aromatic carbocycles. The zero-order valence-corrected chi connectivity index (χ0v) is 13.5. The molecule has 0 N–H and O–H groups in total. The van der Waals surface area contributed by atoms with Gasteiger partial charge in [0.2, 0.25) is 0 Å². The van der Waals surface area contributed by atoms with Crippen LogP contribution in [0.1, 0.15) is 64.2 Å². The van der Waals surface area contributed by atoms with Gasteiger partial charge in [-0.05, 0) is 77.3 Å². The van der Waals surface area contributed by atoms with Crippen LogP contribution in [0.3, 0.4) is 0 Å². The van der Waals surface area contributed by atoms with Gasteiger partial charge in [-0.3, -0.25) is 4.79 Å². The molecule has 0 aromatic rings. The number of ether oxygens (including phenoxy) is 1. The lowest BCUT2D eigenvalue weighted by atomic mass is 9.85. The molecule has 22 heavy (non-hydrogen) atoms. The Morgan fingerprint density at radius 3 is 2.18 bits per heavy atom. The van der Waals surface area contributed by atoms with Crippen molar-refractivity contribution in [3.8, 4) is 6.07 Å². The predicted octanol–water partition coefficient (Wildman–Crippen LogP) is 3.27. The van der Waals surface area contributed by atoms with Crippen LogP contribution < -0.4 is 0 Å². The van der Waals surface area contributed by atoms with Crippen molar-refractivity contribution in [2.75, 3.05) is 13.1 Å². The molecule has 0 bridgehead atoms. The van der Waals surface area contributed by atoms with Gasteiger partial charge >= 0.3 is 5.97 Å². The zero-order chi connectivity index (χ0) is 15.4. The van der Waals surface area contributed by atoms with E-state index in [0.717, 1.165) is 51.4 Å². The van der Waals surface area contributed by atoms with Crippen molar-refractivity contribution in [2.45, 2.75) is 76.4 Å². The van der Waals surface area contributed by atoms with E-state index in [0.29, 0.717) is 6.04 Å². The Bertz CT molecular complexity index is 409. The van der Waals surface area contributed by atoms with E-state index in [2.05, 4.69) is 11.0 Å². The van der Waals surface area contributed by atoms with E-state index in [4.69, 9.17) is 10.00 Å². The van der Waals surface area contributed by atoms with Crippen LogP contribution in [-0.2, 0) is 9.53 Å². The standard InChI is InChI=1S/C18H28N2O2/c19-13-14-3-9-17(10-4-14)22-18(21)15-5-7-16(8-6-15)20-11-1-2-12-20/h14-17H,1-12H2. The van der Waals surface area contributed by atoms with Gasteiger partial charge in [-0.25, -0.2) is 0 Å². The fraction of sp³-hybridized carbons (Fsp3) is 0.889. The molecule has 122 valence electrons. The third kappa shape index (κ3) is 3.81. The van der Waals surface area contributed by atoms with Crippen LogP contribution in [0.25, 0.3) is 0 Å². The molecule has 0 spiro atoms. The van der Waals surface area contributed by atoms with E-state index in [1.165, 1.54) is 25.9 Å². The van der Waals surface area contributed by atoms with Gasteiger partial charge in [0.15, 0.2) is 0 Å². The van der Waals surface area contributed by atoms with Crippen molar-refractivity contribution in [2.24, 2.45) is 11.8 Å². The number of hydrogen-bond acceptors (Lipinski definition) is 4. The van der Waals surface area contributed by atoms with Crippen molar-refractivity contribution in [3.05, 3.63) is 0 Å². The number of esters is 1. The van der Waals surface area contributed by atoms with Crippen molar-refractivity contribution in [1.29, 1.82) is 5.26 Å². The lowest BCUT2D eigenvalue weighted by Crippen LogP contribution is -2.38. The fourth-order valence-electron chi connectivity index (χ4n) is 4.35. The monoisotopic (exact) mass is 304 g/mol. The minimum Gasteiger partial charge on any atom is -0.462 e. The Balaban J connectivity index is 1.39. The summed E-state index contributed by atoms with van der Waals surface area (Å²) >= 11 is 0. The van der Waals surface area contributed by atoms with Crippen molar-refractivity contribution < 1.29 is 9.53 Å². The molecule has 4 nitrogen and oxygen atoms in total. The Morgan fingerprint density at radius 2 is 1.59 bits per heavy atom. The Hall–Kier alpha value is -1.08. The van der Waals surface area contributed by atoms with Gasteiger partial charge in [0.1, 0.15) is 6.10 Å². The molecule has 1 saturated heterocycles. The predicted molar refractivity (Wildman–Crippen MR) is 84.0 cm³/mol. The maximum Gasteiger partial charge on any atom is 0.309 e. The molecule has 3 fully saturated rings. The second-order valence-corrected chi connectivity index (χ2v) is 7.29. The highest BCUT2D eigenvalue weighted by Gasteiger charge is 2.33. The molecule has 2 saturated carbocycles. The third-order valence-corrected chi connectivity index (χ3v) is 5.83. The quantitative estimate of drug-likeness (QED) is 0.751. The number of rotatable bonds is 3. The van der Waals surface area contributed by atoms with Crippen LogP contribution in [0.2, 0.25) is 0 Å². The first-order valence-corrected chi connectivity index (χ1v) is 9.10. The van der Waals surface area contributed by atoms with Gasteiger partial charge in [-0.2, -0.15) is 5.26 Å². The van der Waals surface area contributed by atoms with Gasteiger partial charge < -0.3 is 9.64 Å². The number of nitrogens with zero attached hydrogens (tertiary/aromatic N) is 2. The summed E-state index contributed by atoms with van der Waals surface area (Å²) in [5.74, 6) is 0.318. The Labute approximate surface area is 133 Å². The van der Waals surface area contributed by atoms with Crippen molar-refractivity contribution in [1.82, 2.24) is 4.90 Å². The summed E-state index contributed by atoms with van der Waals surface area (Å²) in [6.07, 6.45) is 10.5. The molecule has 0 amide bonds. The fourth-order valence-corrected chi connectivity index (χ4v) is 4.35. The molecule has 1 aliphatic heterocycles. The van der Waals surface area contributed by atoms with Crippen LogP contribution >= 0.6 is 0 Å². The van der Waals surface area contributed by atoms with Crippen LogP contribution in [0, 0.1) is 23.2 Å². The summed E-state index contributed by atoms with van der Waals surface area (Å²) in [5.41, 5.74) is 0. The normalized spacial score (nSPS) is 36.7. The zero-order valence-electron chi connectivity index (χ0n) is 13.5. The highest BCUT2D eigenvalue weighted by Crippen LogP contribution is 2.32. The number of carbonyl (C=O) groups excluding carboxylic acids is 1. The molecular formula is C18H28N2O2. The van der Waals surface area contributed by atoms with E-state index in [9.17, 15) is 4.79 Å². The summed E-state index contributed by atoms with van der Waals surface area (Å²) < 4.78 is 5.72. The molecule has 0 aromatic heterocycles. The highest BCUT2D eigenvalue weighted by atomic mass is 16.5. The molecule has 2 aliphatic carbocycles. The van der Waals surface area contributed by atoms with Gasteiger partial charge in [0.25, 0.3) is 0 Å². The van der Waals surface area contributed by atoms with E-state index >= 15 is 0 Å². The summed E-state index contributed by atoms with van der Waals surface area (Å²) in [4.78, 5) is 15.0. The SMILES string of the molecule is N#CC1CCC(OC(=O)C2CCC(N3CCCC3)CC2)CC1. The summed E-state index contributed by atoms with van der Waals surface area (Å²) in [5, 5.41) is 8.92. The maximum absolute atomic E-state index is 12.3. The molecule has 3 aliphatic rings. The van der Waals surface area contributed by atoms with E-state index in [1.54, 1.807) is 0 Å². The van der Waals surface area contributed by atoms with Gasteiger partial charge in [0, 0.05) is 12.0 Å². The van der Waals surface area contributed by atoms with E-state index < -0.39 is 0 Å². The third-order valence-electron chi connectivity index (χ3n) is 5.83. The van der Waals surface area contributed by atoms with Crippen molar-refractivity contribution in [3.63, 3.8) is 0 Å². The lowest BCUT2D eigenvalue weighted by molar-refractivity contribution is -0.157.